The summed E-state index contributed by atoms with van der Waals surface area (Å²) in [6.45, 7) is 5.24. The molecule has 0 spiro atoms. The van der Waals surface area contributed by atoms with Crippen LogP contribution in [0.2, 0.25) is 0 Å². The average molecular weight is 476 g/mol. The molecule has 4 rings (SSSR count). The van der Waals surface area contributed by atoms with E-state index in [0.29, 0.717) is 27.9 Å². The fourth-order valence-corrected chi connectivity index (χ4v) is 5.33. The van der Waals surface area contributed by atoms with Gasteiger partial charge in [-0.15, -0.1) is 17.9 Å². The second-order valence-electron chi connectivity index (χ2n) is 6.07. The minimum atomic E-state index is -0.538. The third kappa shape index (κ3) is 3.23. The first-order chi connectivity index (χ1) is 13.5. The lowest BCUT2D eigenvalue weighted by Crippen LogP contribution is -2.60. The lowest BCUT2D eigenvalue weighted by atomic mass is 10.0. The van der Waals surface area contributed by atoms with Gasteiger partial charge in [-0.1, -0.05) is 30.0 Å². The summed E-state index contributed by atoms with van der Waals surface area (Å²) >= 11 is 6.39. The molecule has 1 aromatic carbocycles. The number of para-hydroxylation sites is 1. The Balaban J connectivity index is 2.03. The molecule has 3 heterocycles. The Bertz CT molecular complexity index is 1140. The molecular formula is C19H16BrN4O2S2+. The third-order valence-corrected chi connectivity index (χ3v) is 6.81. The molecule has 0 saturated heterocycles. The molecule has 2 aromatic heterocycles. The average Bonchev–Trinajstić information content (AvgIpc) is 3.10. The maximum atomic E-state index is 13.0. The Kier molecular flexibility index (Phi) is 5.22. The molecule has 1 aliphatic heterocycles. The summed E-state index contributed by atoms with van der Waals surface area (Å²) in [6, 6.07) is 11.3. The number of halogens is 1. The van der Waals surface area contributed by atoms with Crippen molar-refractivity contribution in [2.24, 2.45) is 0 Å². The quantitative estimate of drug-likeness (QED) is 0.354. The number of anilines is 1. The lowest BCUT2D eigenvalue weighted by molar-refractivity contribution is -0.762. The van der Waals surface area contributed by atoms with E-state index in [1.165, 1.54) is 30.0 Å². The molecule has 0 bridgehead atoms. The van der Waals surface area contributed by atoms with E-state index in [0.717, 1.165) is 8.66 Å². The van der Waals surface area contributed by atoms with Gasteiger partial charge in [-0.2, -0.15) is 0 Å². The van der Waals surface area contributed by atoms with Crippen LogP contribution in [0.4, 0.5) is 5.69 Å². The summed E-state index contributed by atoms with van der Waals surface area (Å²) in [5.74, 6) is 0.493. The Morgan fingerprint density at radius 1 is 1.43 bits per heavy atom. The largest absolute Gasteiger partial charge is 0.325 e. The highest BCUT2D eigenvalue weighted by Gasteiger charge is 2.45. The molecular weight excluding hydrogens is 460 g/mol. The summed E-state index contributed by atoms with van der Waals surface area (Å²) in [5.41, 5.74) is 1.57. The van der Waals surface area contributed by atoms with Crippen molar-refractivity contribution in [3.63, 3.8) is 0 Å². The van der Waals surface area contributed by atoms with E-state index in [9.17, 15) is 9.59 Å². The number of fused-ring (bicyclic) bond motifs is 3. The fraction of sp³-hybridized carbons (Fsp3) is 0.158. The van der Waals surface area contributed by atoms with Gasteiger partial charge < -0.3 is 0 Å². The van der Waals surface area contributed by atoms with Crippen molar-refractivity contribution in [3.05, 3.63) is 68.1 Å². The van der Waals surface area contributed by atoms with Gasteiger partial charge in [0.05, 0.1) is 19.9 Å². The van der Waals surface area contributed by atoms with Gasteiger partial charge >= 0.3 is 17.4 Å². The Morgan fingerprint density at radius 3 is 2.89 bits per heavy atom. The summed E-state index contributed by atoms with van der Waals surface area (Å²) in [7, 11) is 0. The highest BCUT2D eigenvalue weighted by Crippen LogP contribution is 2.39. The number of amides is 1. The number of hydrogen-bond acceptors (Lipinski definition) is 5. The smallest absolute Gasteiger partial charge is 0.291 e. The number of nitrogens with zero attached hydrogens (tertiary/aromatic N) is 3. The number of benzene rings is 1. The fourth-order valence-electron chi connectivity index (χ4n) is 3.24. The molecule has 9 heteroatoms. The van der Waals surface area contributed by atoms with Crippen LogP contribution in [0.15, 0.2) is 62.8 Å². The second-order valence-corrected chi connectivity index (χ2v) is 9.58. The van der Waals surface area contributed by atoms with Crippen molar-refractivity contribution in [1.82, 2.24) is 10.1 Å². The van der Waals surface area contributed by atoms with Crippen LogP contribution in [-0.2, 0) is 4.79 Å². The molecule has 6 nitrogen and oxygen atoms in total. The molecule has 3 aromatic rings. The number of rotatable bonds is 4. The number of aromatic nitrogens is 3. The minimum Gasteiger partial charge on any atom is -0.291 e. The molecule has 1 amide bonds. The zero-order valence-electron chi connectivity index (χ0n) is 14.9. The van der Waals surface area contributed by atoms with E-state index in [1.54, 1.807) is 15.7 Å². The maximum Gasteiger partial charge on any atom is 0.325 e. The van der Waals surface area contributed by atoms with E-state index in [-0.39, 0.29) is 11.5 Å². The number of carbonyl (C=O) groups excluding carboxylic acids is 1. The van der Waals surface area contributed by atoms with Crippen LogP contribution in [-0.4, -0.2) is 21.7 Å². The van der Waals surface area contributed by atoms with Crippen molar-refractivity contribution in [2.75, 3.05) is 10.7 Å². The number of aromatic amines is 1. The first-order valence-electron chi connectivity index (χ1n) is 8.45. The van der Waals surface area contributed by atoms with Gasteiger partial charge in [0.25, 0.3) is 0 Å². The molecule has 1 atom stereocenters. The van der Waals surface area contributed by atoms with E-state index in [1.807, 2.05) is 36.4 Å². The molecule has 1 aliphatic rings. The van der Waals surface area contributed by atoms with Gasteiger partial charge in [-0.25, -0.2) is 4.90 Å². The van der Waals surface area contributed by atoms with Crippen LogP contribution in [0, 0.1) is 0 Å². The number of hydrogen-bond donors (Lipinski definition) is 1. The van der Waals surface area contributed by atoms with Gasteiger partial charge in [0, 0.05) is 17.8 Å². The summed E-state index contributed by atoms with van der Waals surface area (Å²) in [6.07, 6.45) is 1.21. The lowest BCUT2D eigenvalue weighted by Gasteiger charge is -2.30. The molecule has 1 unspecified atom stereocenters. The zero-order valence-corrected chi connectivity index (χ0v) is 18.1. The summed E-state index contributed by atoms with van der Waals surface area (Å²) in [5, 5.41) is 5.17. The summed E-state index contributed by atoms with van der Waals surface area (Å²) < 4.78 is 2.60. The first-order valence-corrected chi connectivity index (χ1v) is 11.0. The topological polar surface area (TPSA) is 69.9 Å². The van der Waals surface area contributed by atoms with Crippen molar-refractivity contribution in [1.29, 1.82) is 0 Å². The van der Waals surface area contributed by atoms with Crippen LogP contribution in [0.25, 0.3) is 11.3 Å². The second kappa shape index (κ2) is 7.65. The van der Waals surface area contributed by atoms with E-state index < -0.39 is 6.17 Å². The van der Waals surface area contributed by atoms with Crippen molar-refractivity contribution < 1.29 is 9.48 Å². The van der Waals surface area contributed by atoms with Crippen LogP contribution in [0.5, 0.6) is 0 Å². The zero-order chi connectivity index (χ0) is 19.8. The number of thiophene rings is 1. The number of carbonyl (C=O) groups is 1. The van der Waals surface area contributed by atoms with Gasteiger partial charge in [-0.3, -0.25) is 14.6 Å². The number of H-pyrrole nitrogens is 1. The Labute approximate surface area is 178 Å². The van der Waals surface area contributed by atoms with Gasteiger partial charge in [0.15, 0.2) is 0 Å². The molecule has 0 radical (unpaired) electrons. The van der Waals surface area contributed by atoms with Crippen LogP contribution in [0.3, 0.4) is 0 Å². The summed E-state index contributed by atoms with van der Waals surface area (Å²) in [4.78, 5) is 31.1. The van der Waals surface area contributed by atoms with Gasteiger partial charge in [-0.05, 0) is 44.9 Å². The van der Waals surface area contributed by atoms with Crippen LogP contribution in [0.1, 0.15) is 18.0 Å². The third-order valence-electron chi connectivity index (χ3n) is 4.28. The standard InChI is InChI=1S/C19H15BrN4O2S2/c1-3-10-27-19-21-17(26)16-12-6-4-5-7-13(12)23(11(2)25)18(24(16)22-19)14-8-9-15(20)28-14/h3-9,18H,1,10H2,2H3/p+1. The van der Waals surface area contributed by atoms with Crippen LogP contribution < -0.4 is 15.1 Å². The molecule has 0 saturated carbocycles. The molecule has 1 N–H and O–H groups in total. The molecule has 0 aliphatic carbocycles. The molecule has 142 valence electrons. The predicted molar refractivity (Wildman–Crippen MR) is 115 cm³/mol. The Hall–Kier alpha value is -2.23. The molecule has 28 heavy (non-hydrogen) atoms. The highest BCUT2D eigenvalue weighted by molar-refractivity contribution is 9.11. The van der Waals surface area contributed by atoms with Gasteiger partial charge in [0.1, 0.15) is 0 Å². The van der Waals surface area contributed by atoms with Crippen molar-refractivity contribution in [2.45, 2.75) is 18.2 Å². The van der Waals surface area contributed by atoms with Crippen LogP contribution >= 0.6 is 39.0 Å². The number of nitrogens with one attached hydrogen (secondary N) is 1. The SMILES string of the molecule is C=CCSc1n[n+]2c(c(=O)[nH]1)-c1ccccc1N(C(C)=O)C2c1ccc(Br)s1. The monoisotopic (exact) mass is 475 g/mol. The molecule has 0 fully saturated rings. The minimum absolute atomic E-state index is 0.123. The Morgan fingerprint density at radius 2 is 2.21 bits per heavy atom. The number of thioether (sulfide) groups is 1. The highest BCUT2D eigenvalue weighted by atomic mass is 79.9. The van der Waals surface area contributed by atoms with E-state index in [2.05, 4.69) is 32.6 Å². The van der Waals surface area contributed by atoms with Gasteiger partial charge in [0.2, 0.25) is 11.1 Å². The normalized spacial score (nSPS) is 15.1. The maximum absolute atomic E-state index is 13.0. The van der Waals surface area contributed by atoms with Crippen molar-refractivity contribution in [3.8, 4) is 11.3 Å². The predicted octanol–water partition coefficient (Wildman–Crippen LogP) is 3.74. The van der Waals surface area contributed by atoms with Crippen molar-refractivity contribution >= 4 is 50.6 Å². The first kappa shape index (κ1) is 19.1. The van der Waals surface area contributed by atoms with E-state index in [4.69, 9.17) is 0 Å². The van der Waals surface area contributed by atoms with E-state index >= 15 is 0 Å².